The Labute approximate surface area is 133 Å². The standard InChI is InChI=1S/C17H17NO3S/c19-16(9-13-7-4-8-22-13)18-10-14(15(11-18)17(20)21)12-5-2-1-3-6-12/h1-8,14-15H,9-11H2,(H,20,21)/t14-,15-/m1/s1. The molecule has 4 nitrogen and oxygen atoms in total. The van der Waals surface area contributed by atoms with Crippen LogP contribution in [0.3, 0.4) is 0 Å². The molecule has 1 saturated heterocycles. The molecule has 0 radical (unpaired) electrons. The minimum Gasteiger partial charge on any atom is -0.481 e. The van der Waals surface area contributed by atoms with Gasteiger partial charge in [0.05, 0.1) is 12.3 Å². The van der Waals surface area contributed by atoms with Crippen LogP contribution in [0.4, 0.5) is 0 Å². The lowest BCUT2D eigenvalue weighted by Gasteiger charge is -2.16. The number of rotatable bonds is 4. The van der Waals surface area contributed by atoms with Crippen LogP contribution in [0.1, 0.15) is 16.4 Å². The summed E-state index contributed by atoms with van der Waals surface area (Å²) in [5, 5.41) is 11.4. The molecule has 0 bridgehead atoms. The summed E-state index contributed by atoms with van der Waals surface area (Å²) in [4.78, 5) is 26.6. The molecule has 0 aliphatic carbocycles. The zero-order valence-corrected chi connectivity index (χ0v) is 12.8. The summed E-state index contributed by atoms with van der Waals surface area (Å²) in [7, 11) is 0. The highest BCUT2D eigenvalue weighted by Gasteiger charge is 2.40. The van der Waals surface area contributed by atoms with Crippen LogP contribution in [-0.4, -0.2) is 35.0 Å². The number of likely N-dealkylation sites (tertiary alicyclic amines) is 1. The Kier molecular flexibility index (Phi) is 4.24. The van der Waals surface area contributed by atoms with Crippen molar-refractivity contribution in [3.8, 4) is 0 Å². The molecule has 1 aromatic heterocycles. The quantitative estimate of drug-likeness (QED) is 0.943. The van der Waals surface area contributed by atoms with E-state index >= 15 is 0 Å². The molecule has 5 heteroatoms. The molecule has 3 rings (SSSR count). The molecule has 1 N–H and O–H groups in total. The van der Waals surface area contributed by atoms with Gasteiger partial charge in [-0.2, -0.15) is 0 Å². The minimum absolute atomic E-state index is 0.00660. The largest absolute Gasteiger partial charge is 0.481 e. The molecular formula is C17H17NO3S. The van der Waals surface area contributed by atoms with Gasteiger partial charge in [0, 0.05) is 23.9 Å². The van der Waals surface area contributed by atoms with E-state index in [1.807, 2.05) is 47.8 Å². The molecule has 1 fully saturated rings. The van der Waals surface area contributed by atoms with Crippen LogP contribution in [0.15, 0.2) is 47.8 Å². The zero-order chi connectivity index (χ0) is 15.5. The fourth-order valence-corrected chi connectivity index (χ4v) is 3.67. The summed E-state index contributed by atoms with van der Waals surface area (Å²) in [6.07, 6.45) is 0.353. The molecule has 0 spiro atoms. The molecule has 114 valence electrons. The Balaban J connectivity index is 1.75. The van der Waals surface area contributed by atoms with Crippen LogP contribution in [0.5, 0.6) is 0 Å². The highest BCUT2D eigenvalue weighted by Crippen LogP contribution is 2.33. The van der Waals surface area contributed by atoms with Crippen LogP contribution in [-0.2, 0) is 16.0 Å². The number of aliphatic carboxylic acids is 1. The van der Waals surface area contributed by atoms with Crippen molar-refractivity contribution in [3.63, 3.8) is 0 Å². The van der Waals surface area contributed by atoms with E-state index in [4.69, 9.17) is 0 Å². The lowest BCUT2D eigenvalue weighted by molar-refractivity contribution is -0.141. The molecule has 1 aliphatic rings. The van der Waals surface area contributed by atoms with Gasteiger partial charge in [-0.15, -0.1) is 11.3 Å². The Morgan fingerprint density at radius 1 is 1.14 bits per heavy atom. The number of carboxylic acids is 1. The van der Waals surface area contributed by atoms with Gasteiger partial charge in [0.15, 0.2) is 0 Å². The molecule has 2 atom stereocenters. The number of carbonyl (C=O) groups excluding carboxylic acids is 1. The first-order valence-electron chi connectivity index (χ1n) is 7.23. The van der Waals surface area contributed by atoms with Gasteiger partial charge < -0.3 is 10.0 Å². The van der Waals surface area contributed by atoms with Crippen LogP contribution < -0.4 is 0 Å². The SMILES string of the molecule is O=C(O)[C@@H]1CN(C(=O)Cc2cccs2)C[C@@H]1c1ccccc1. The number of benzene rings is 1. The van der Waals surface area contributed by atoms with Crippen molar-refractivity contribution in [2.75, 3.05) is 13.1 Å². The fraction of sp³-hybridized carbons (Fsp3) is 0.294. The zero-order valence-electron chi connectivity index (χ0n) is 12.0. The second-order valence-electron chi connectivity index (χ2n) is 5.52. The van der Waals surface area contributed by atoms with E-state index in [9.17, 15) is 14.7 Å². The molecule has 22 heavy (non-hydrogen) atoms. The smallest absolute Gasteiger partial charge is 0.308 e. The van der Waals surface area contributed by atoms with E-state index in [0.29, 0.717) is 19.5 Å². The van der Waals surface area contributed by atoms with Crippen molar-refractivity contribution in [2.45, 2.75) is 12.3 Å². The number of nitrogens with zero attached hydrogens (tertiary/aromatic N) is 1. The molecule has 1 amide bonds. The van der Waals surface area contributed by atoms with Gasteiger partial charge in [-0.3, -0.25) is 9.59 Å². The first-order chi connectivity index (χ1) is 10.6. The van der Waals surface area contributed by atoms with Crippen molar-refractivity contribution >= 4 is 23.2 Å². The van der Waals surface area contributed by atoms with Gasteiger partial charge in [0.2, 0.25) is 5.91 Å². The maximum atomic E-state index is 12.4. The van der Waals surface area contributed by atoms with Crippen LogP contribution in [0, 0.1) is 5.92 Å². The Morgan fingerprint density at radius 2 is 1.91 bits per heavy atom. The van der Waals surface area contributed by atoms with Gasteiger partial charge >= 0.3 is 5.97 Å². The monoisotopic (exact) mass is 315 g/mol. The van der Waals surface area contributed by atoms with Crippen molar-refractivity contribution in [1.82, 2.24) is 4.90 Å². The molecule has 1 aromatic carbocycles. The predicted octanol–water partition coefficient (Wildman–Crippen LogP) is 2.62. The number of thiophene rings is 1. The fourth-order valence-electron chi connectivity index (χ4n) is 2.97. The summed E-state index contributed by atoms with van der Waals surface area (Å²) in [5.41, 5.74) is 0.987. The van der Waals surface area contributed by atoms with E-state index in [-0.39, 0.29) is 11.8 Å². The third kappa shape index (κ3) is 3.04. The third-order valence-corrected chi connectivity index (χ3v) is 5.00. The molecule has 2 heterocycles. The summed E-state index contributed by atoms with van der Waals surface area (Å²) < 4.78 is 0. The van der Waals surface area contributed by atoms with Crippen LogP contribution in [0.2, 0.25) is 0 Å². The minimum atomic E-state index is -0.833. The summed E-state index contributed by atoms with van der Waals surface area (Å²) >= 11 is 1.55. The van der Waals surface area contributed by atoms with Gasteiger partial charge in [0.1, 0.15) is 0 Å². The second-order valence-corrected chi connectivity index (χ2v) is 6.55. The third-order valence-electron chi connectivity index (χ3n) is 4.12. The van der Waals surface area contributed by atoms with Gasteiger partial charge in [-0.25, -0.2) is 0 Å². The lowest BCUT2D eigenvalue weighted by atomic mass is 9.89. The van der Waals surface area contributed by atoms with Crippen molar-refractivity contribution < 1.29 is 14.7 Å². The summed E-state index contributed by atoms with van der Waals surface area (Å²) in [6.45, 7) is 0.768. The van der Waals surface area contributed by atoms with Crippen LogP contribution in [0.25, 0.3) is 0 Å². The predicted molar refractivity (Wildman–Crippen MR) is 84.9 cm³/mol. The van der Waals surface area contributed by atoms with Crippen molar-refractivity contribution in [2.24, 2.45) is 5.92 Å². The van der Waals surface area contributed by atoms with E-state index < -0.39 is 11.9 Å². The van der Waals surface area contributed by atoms with E-state index in [0.717, 1.165) is 10.4 Å². The van der Waals surface area contributed by atoms with Gasteiger partial charge in [0.25, 0.3) is 0 Å². The summed E-state index contributed by atoms with van der Waals surface area (Å²) in [5.74, 6) is -1.49. The van der Waals surface area contributed by atoms with Gasteiger partial charge in [-0.1, -0.05) is 36.4 Å². The highest BCUT2D eigenvalue weighted by atomic mass is 32.1. The maximum Gasteiger partial charge on any atom is 0.308 e. The number of amides is 1. The Hall–Kier alpha value is -2.14. The number of carboxylic acid groups (broad SMARTS) is 1. The number of carbonyl (C=O) groups is 2. The Bertz CT molecular complexity index is 654. The lowest BCUT2D eigenvalue weighted by Crippen LogP contribution is -2.31. The van der Waals surface area contributed by atoms with Crippen molar-refractivity contribution in [1.29, 1.82) is 0 Å². The first kappa shape index (κ1) is 14.8. The molecule has 2 aromatic rings. The average Bonchev–Trinajstić information content (AvgIpc) is 3.17. The molecule has 0 saturated carbocycles. The second kappa shape index (κ2) is 6.32. The number of hydrogen-bond donors (Lipinski definition) is 1. The van der Waals surface area contributed by atoms with E-state index in [1.165, 1.54) is 0 Å². The number of hydrogen-bond acceptors (Lipinski definition) is 3. The van der Waals surface area contributed by atoms with Crippen molar-refractivity contribution in [3.05, 3.63) is 58.3 Å². The molecule has 1 aliphatic heterocycles. The summed E-state index contributed by atoms with van der Waals surface area (Å²) in [6, 6.07) is 13.5. The van der Waals surface area contributed by atoms with Gasteiger partial charge in [-0.05, 0) is 17.0 Å². The van der Waals surface area contributed by atoms with E-state index in [2.05, 4.69) is 0 Å². The van der Waals surface area contributed by atoms with Crippen LogP contribution >= 0.6 is 11.3 Å². The molecular weight excluding hydrogens is 298 g/mol. The Morgan fingerprint density at radius 3 is 2.55 bits per heavy atom. The molecule has 0 unspecified atom stereocenters. The topological polar surface area (TPSA) is 57.6 Å². The maximum absolute atomic E-state index is 12.4. The first-order valence-corrected chi connectivity index (χ1v) is 8.11. The average molecular weight is 315 g/mol. The normalized spacial score (nSPS) is 21.0. The van der Waals surface area contributed by atoms with E-state index in [1.54, 1.807) is 16.2 Å². The highest BCUT2D eigenvalue weighted by molar-refractivity contribution is 7.10.